The first-order valence-electron chi connectivity index (χ1n) is 8.86. The molecule has 0 saturated heterocycles. The van der Waals surface area contributed by atoms with E-state index in [0.29, 0.717) is 23.8 Å². The van der Waals surface area contributed by atoms with Gasteiger partial charge >= 0.3 is 0 Å². The standard InChI is InChI=1S/C20H26ClN3O3/c1-5-24(12-19(25)22-18-10-16(21)8-6-14(18)2)20(26)13-23(4)11-17-9-7-15(3)27-17/h6-10H,5,11-13H2,1-4H3,(H,22,25). The minimum absolute atomic E-state index is 0.00497. The van der Waals surface area contributed by atoms with E-state index in [1.54, 1.807) is 12.1 Å². The normalized spacial score (nSPS) is 10.9. The second-order valence-electron chi connectivity index (χ2n) is 6.60. The van der Waals surface area contributed by atoms with Crippen LogP contribution < -0.4 is 5.32 Å². The molecule has 7 heteroatoms. The van der Waals surface area contributed by atoms with Crippen LogP contribution in [-0.2, 0) is 16.1 Å². The second-order valence-corrected chi connectivity index (χ2v) is 7.04. The van der Waals surface area contributed by atoms with E-state index in [1.165, 1.54) is 4.90 Å². The van der Waals surface area contributed by atoms with Crippen molar-refractivity contribution in [3.63, 3.8) is 0 Å². The second kappa shape index (κ2) is 9.58. The molecule has 1 heterocycles. The molecule has 2 rings (SSSR count). The summed E-state index contributed by atoms with van der Waals surface area (Å²) >= 11 is 5.98. The Bertz CT molecular complexity index is 804. The van der Waals surface area contributed by atoms with Gasteiger partial charge in [0.1, 0.15) is 11.5 Å². The Morgan fingerprint density at radius 1 is 1.15 bits per heavy atom. The maximum absolute atomic E-state index is 12.5. The lowest BCUT2D eigenvalue weighted by Crippen LogP contribution is -2.42. The number of aryl methyl sites for hydroxylation is 2. The summed E-state index contributed by atoms with van der Waals surface area (Å²) < 4.78 is 5.53. The fourth-order valence-corrected chi connectivity index (χ4v) is 2.86. The summed E-state index contributed by atoms with van der Waals surface area (Å²) in [4.78, 5) is 28.3. The van der Waals surface area contributed by atoms with E-state index < -0.39 is 0 Å². The Morgan fingerprint density at radius 2 is 1.89 bits per heavy atom. The van der Waals surface area contributed by atoms with Crippen LogP contribution in [0.3, 0.4) is 0 Å². The lowest BCUT2D eigenvalue weighted by molar-refractivity contribution is -0.135. The predicted octanol–water partition coefficient (Wildman–Crippen LogP) is 3.47. The van der Waals surface area contributed by atoms with E-state index in [1.807, 2.05) is 50.9 Å². The zero-order valence-electron chi connectivity index (χ0n) is 16.2. The Balaban J connectivity index is 1.89. The molecule has 0 aliphatic heterocycles. The highest BCUT2D eigenvalue weighted by Gasteiger charge is 2.18. The van der Waals surface area contributed by atoms with E-state index in [9.17, 15) is 9.59 Å². The Hall–Kier alpha value is -2.31. The van der Waals surface area contributed by atoms with Gasteiger partial charge in [0.25, 0.3) is 0 Å². The summed E-state index contributed by atoms with van der Waals surface area (Å²) in [6, 6.07) is 9.10. The minimum atomic E-state index is -0.250. The molecule has 6 nitrogen and oxygen atoms in total. The topological polar surface area (TPSA) is 65.8 Å². The molecule has 0 fully saturated rings. The van der Waals surface area contributed by atoms with E-state index in [0.717, 1.165) is 17.1 Å². The molecule has 146 valence electrons. The number of nitrogens with one attached hydrogen (secondary N) is 1. The third-order valence-electron chi connectivity index (χ3n) is 4.17. The molecule has 0 spiro atoms. The largest absolute Gasteiger partial charge is 0.465 e. The minimum Gasteiger partial charge on any atom is -0.465 e. The smallest absolute Gasteiger partial charge is 0.244 e. The van der Waals surface area contributed by atoms with E-state index in [-0.39, 0.29) is 24.9 Å². The number of anilines is 1. The highest BCUT2D eigenvalue weighted by Crippen LogP contribution is 2.20. The van der Waals surface area contributed by atoms with Gasteiger partial charge in [-0.3, -0.25) is 14.5 Å². The number of hydrogen-bond donors (Lipinski definition) is 1. The number of amides is 2. The van der Waals surface area contributed by atoms with Crippen molar-refractivity contribution < 1.29 is 14.0 Å². The maximum atomic E-state index is 12.5. The SMILES string of the molecule is CCN(CC(=O)Nc1cc(Cl)ccc1C)C(=O)CN(C)Cc1ccc(C)o1. The summed E-state index contributed by atoms with van der Waals surface area (Å²) in [5.74, 6) is 1.29. The molecule has 1 N–H and O–H groups in total. The van der Waals surface area contributed by atoms with Crippen molar-refractivity contribution in [1.82, 2.24) is 9.80 Å². The number of nitrogens with zero attached hydrogens (tertiary/aromatic N) is 2. The summed E-state index contributed by atoms with van der Waals surface area (Å²) in [5, 5.41) is 3.37. The number of rotatable bonds is 8. The Kier molecular flexibility index (Phi) is 7.45. The third kappa shape index (κ3) is 6.41. The zero-order valence-corrected chi connectivity index (χ0v) is 17.0. The molecule has 2 amide bonds. The van der Waals surface area contributed by atoms with Gasteiger partial charge in [-0.1, -0.05) is 17.7 Å². The Morgan fingerprint density at radius 3 is 2.52 bits per heavy atom. The molecule has 0 unspecified atom stereocenters. The first-order chi connectivity index (χ1) is 12.8. The van der Waals surface area contributed by atoms with Crippen molar-refractivity contribution in [1.29, 1.82) is 0 Å². The summed E-state index contributed by atoms with van der Waals surface area (Å²) in [6.45, 7) is 6.81. The van der Waals surface area contributed by atoms with Crippen molar-refractivity contribution in [2.75, 3.05) is 32.0 Å². The highest BCUT2D eigenvalue weighted by molar-refractivity contribution is 6.31. The van der Waals surface area contributed by atoms with Crippen LogP contribution in [0.2, 0.25) is 5.02 Å². The quantitative estimate of drug-likeness (QED) is 0.748. The first kappa shape index (κ1) is 21.0. The molecule has 0 aliphatic rings. The van der Waals surface area contributed by atoms with Crippen LogP contribution in [0.25, 0.3) is 0 Å². The number of hydrogen-bond acceptors (Lipinski definition) is 4. The van der Waals surface area contributed by atoms with Gasteiger partial charge in [-0.15, -0.1) is 0 Å². The molecular formula is C20H26ClN3O3. The molecule has 27 heavy (non-hydrogen) atoms. The van der Waals surface area contributed by atoms with Gasteiger partial charge in [-0.2, -0.15) is 0 Å². The van der Waals surface area contributed by atoms with Crippen LogP contribution in [0.15, 0.2) is 34.7 Å². The first-order valence-corrected chi connectivity index (χ1v) is 9.24. The number of likely N-dealkylation sites (N-methyl/N-ethyl adjacent to an activating group) is 2. The summed E-state index contributed by atoms with van der Waals surface area (Å²) in [5.41, 5.74) is 1.57. The molecule has 0 bridgehead atoms. The van der Waals surface area contributed by atoms with Crippen LogP contribution >= 0.6 is 11.6 Å². The lowest BCUT2D eigenvalue weighted by atomic mass is 10.2. The lowest BCUT2D eigenvalue weighted by Gasteiger charge is -2.23. The molecule has 0 saturated carbocycles. The zero-order chi connectivity index (χ0) is 20.0. The van der Waals surface area contributed by atoms with Gasteiger partial charge in [0.15, 0.2) is 0 Å². The van der Waals surface area contributed by atoms with Gasteiger partial charge < -0.3 is 14.6 Å². The average molecular weight is 392 g/mol. The van der Waals surface area contributed by atoms with Crippen LogP contribution in [-0.4, -0.2) is 48.3 Å². The monoisotopic (exact) mass is 391 g/mol. The number of benzene rings is 1. The highest BCUT2D eigenvalue weighted by atomic mass is 35.5. The van der Waals surface area contributed by atoms with Gasteiger partial charge in [0.05, 0.1) is 19.6 Å². The number of carbonyl (C=O) groups is 2. The third-order valence-corrected chi connectivity index (χ3v) is 4.40. The number of halogens is 1. The molecule has 0 aliphatic carbocycles. The number of carbonyl (C=O) groups excluding carboxylic acids is 2. The average Bonchev–Trinajstić information content (AvgIpc) is 3.00. The van der Waals surface area contributed by atoms with Crippen molar-refractivity contribution in [3.8, 4) is 0 Å². The van der Waals surface area contributed by atoms with E-state index in [4.69, 9.17) is 16.0 Å². The van der Waals surface area contributed by atoms with Crippen molar-refractivity contribution in [2.45, 2.75) is 27.3 Å². The molecule has 1 aromatic carbocycles. The molecular weight excluding hydrogens is 366 g/mol. The molecule has 2 aromatic rings. The molecule has 1 aromatic heterocycles. The fraction of sp³-hybridized carbons (Fsp3) is 0.400. The molecule has 0 radical (unpaired) electrons. The Labute approximate surface area is 165 Å². The fourth-order valence-electron chi connectivity index (χ4n) is 2.69. The van der Waals surface area contributed by atoms with Crippen LogP contribution in [0.5, 0.6) is 0 Å². The van der Waals surface area contributed by atoms with Gasteiger partial charge in [-0.25, -0.2) is 0 Å². The van der Waals surface area contributed by atoms with Crippen molar-refractivity contribution in [2.24, 2.45) is 0 Å². The van der Waals surface area contributed by atoms with Gasteiger partial charge in [0, 0.05) is 17.3 Å². The van der Waals surface area contributed by atoms with E-state index in [2.05, 4.69) is 5.32 Å². The molecule has 0 atom stereocenters. The summed E-state index contributed by atoms with van der Waals surface area (Å²) in [6.07, 6.45) is 0. The van der Waals surface area contributed by atoms with Gasteiger partial charge in [-0.05, 0) is 57.6 Å². The van der Waals surface area contributed by atoms with Crippen LogP contribution in [0.1, 0.15) is 24.0 Å². The van der Waals surface area contributed by atoms with Crippen LogP contribution in [0.4, 0.5) is 5.69 Å². The van der Waals surface area contributed by atoms with Crippen molar-refractivity contribution >= 4 is 29.1 Å². The van der Waals surface area contributed by atoms with Gasteiger partial charge in [0.2, 0.25) is 11.8 Å². The van der Waals surface area contributed by atoms with Crippen molar-refractivity contribution in [3.05, 3.63) is 52.4 Å². The maximum Gasteiger partial charge on any atom is 0.244 e. The van der Waals surface area contributed by atoms with E-state index >= 15 is 0 Å². The van der Waals surface area contributed by atoms with Crippen LogP contribution in [0, 0.1) is 13.8 Å². The number of furan rings is 1. The summed E-state index contributed by atoms with van der Waals surface area (Å²) in [7, 11) is 1.85. The predicted molar refractivity (Wildman–Crippen MR) is 107 cm³/mol.